The van der Waals surface area contributed by atoms with Crippen LogP contribution in [0.4, 0.5) is 13.6 Å². The molecule has 1 saturated heterocycles. The van der Waals surface area contributed by atoms with Crippen LogP contribution < -0.4 is 0 Å². The van der Waals surface area contributed by atoms with E-state index in [0.29, 0.717) is 5.56 Å². The van der Waals surface area contributed by atoms with Gasteiger partial charge in [0.2, 0.25) is 12.3 Å². The molecule has 0 aromatic heterocycles. The topological polar surface area (TPSA) is 46.6 Å². The number of amides is 2. The minimum atomic E-state index is -2.66. The Morgan fingerprint density at radius 1 is 1.32 bits per heavy atom. The van der Waals surface area contributed by atoms with E-state index in [-0.39, 0.29) is 13.2 Å². The molecule has 0 unspecified atom stereocenters. The summed E-state index contributed by atoms with van der Waals surface area (Å²) in [7, 11) is 0. The van der Waals surface area contributed by atoms with E-state index in [1.165, 1.54) is 0 Å². The van der Waals surface area contributed by atoms with Crippen LogP contribution in [0.25, 0.3) is 0 Å². The Kier molecular flexibility index (Phi) is 4.09. The molecule has 2 amide bonds. The minimum absolute atomic E-state index is 0.120. The lowest BCUT2D eigenvalue weighted by Gasteiger charge is -2.18. The molecular formula is C13H13F2NO3. The molecule has 1 aliphatic heterocycles. The maximum Gasteiger partial charge on any atom is 0.416 e. The number of rotatable bonds is 4. The molecule has 102 valence electrons. The van der Waals surface area contributed by atoms with Crippen molar-refractivity contribution in [2.45, 2.75) is 18.8 Å². The van der Waals surface area contributed by atoms with Gasteiger partial charge in [0, 0.05) is 6.42 Å². The summed E-state index contributed by atoms with van der Waals surface area (Å²) in [6, 6.07) is 8.09. The molecule has 1 atom stereocenters. The summed E-state index contributed by atoms with van der Waals surface area (Å²) in [5.41, 5.74) is 0.387. The highest BCUT2D eigenvalue weighted by molar-refractivity contribution is 5.93. The lowest BCUT2D eigenvalue weighted by molar-refractivity contribution is -0.129. The van der Waals surface area contributed by atoms with Crippen LogP contribution in [-0.2, 0) is 9.53 Å². The number of carbonyl (C=O) groups is 2. The van der Waals surface area contributed by atoms with Gasteiger partial charge in [-0.3, -0.25) is 4.79 Å². The lowest BCUT2D eigenvalue weighted by atomic mass is 9.95. The Labute approximate surface area is 109 Å². The third kappa shape index (κ3) is 3.07. The summed E-state index contributed by atoms with van der Waals surface area (Å²) in [6.45, 7) is 0.248. The van der Waals surface area contributed by atoms with Gasteiger partial charge >= 0.3 is 6.09 Å². The van der Waals surface area contributed by atoms with E-state index >= 15 is 0 Å². The molecule has 0 saturated carbocycles. The molecule has 1 aromatic rings. The van der Waals surface area contributed by atoms with E-state index < -0.39 is 30.8 Å². The zero-order valence-electron chi connectivity index (χ0n) is 10.1. The Balaban J connectivity index is 2.09. The van der Waals surface area contributed by atoms with Crippen molar-refractivity contribution in [3.63, 3.8) is 0 Å². The van der Waals surface area contributed by atoms with Crippen molar-refractivity contribution in [1.82, 2.24) is 4.90 Å². The number of carbonyl (C=O) groups excluding carboxylic acids is 2. The number of imide groups is 1. The smallest absolute Gasteiger partial charge is 0.416 e. The van der Waals surface area contributed by atoms with E-state index in [9.17, 15) is 18.4 Å². The molecule has 0 aliphatic carbocycles. The predicted octanol–water partition coefficient (Wildman–Crippen LogP) is 2.40. The van der Waals surface area contributed by atoms with Gasteiger partial charge in [0.05, 0.1) is 12.5 Å². The van der Waals surface area contributed by atoms with E-state index in [2.05, 4.69) is 4.74 Å². The highest BCUT2D eigenvalue weighted by Crippen LogP contribution is 2.27. The van der Waals surface area contributed by atoms with E-state index in [0.717, 1.165) is 4.90 Å². The fourth-order valence-electron chi connectivity index (χ4n) is 1.97. The van der Waals surface area contributed by atoms with Gasteiger partial charge in [-0.05, 0) is 5.56 Å². The van der Waals surface area contributed by atoms with Crippen LogP contribution in [0.2, 0.25) is 0 Å². The fraction of sp³-hybridized carbons (Fsp3) is 0.385. The average molecular weight is 269 g/mol. The molecule has 6 heteroatoms. The highest BCUT2D eigenvalue weighted by Gasteiger charge is 2.33. The molecule has 0 N–H and O–H groups in total. The normalized spacial score (nSPS) is 16.6. The maximum absolute atomic E-state index is 13.0. The minimum Gasteiger partial charge on any atom is -0.447 e. The van der Waals surface area contributed by atoms with Crippen molar-refractivity contribution in [1.29, 1.82) is 0 Å². The van der Waals surface area contributed by atoms with Crippen molar-refractivity contribution >= 4 is 12.0 Å². The van der Waals surface area contributed by atoms with Crippen LogP contribution in [0, 0.1) is 0 Å². The van der Waals surface area contributed by atoms with Gasteiger partial charge in [0.25, 0.3) is 0 Å². The summed E-state index contributed by atoms with van der Waals surface area (Å²) in [4.78, 5) is 23.9. The standard InChI is InChI=1S/C13H13F2NO3/c14-12(15)10(9-4-2-1-3-5-9)8-11(17)16-6-7-19-13(16)18/h1-5,10,12H,6-8H2/t10-/m1/s1. The number of ether oxygens (including phenoxy) is 1. The van der Waals surface area contributed by atoms with Crippen LogP contribution in [0.1, 0.15) is 17.9 Å². The largest absolute Gasteiger partial charge is 0.447 e. The fourth-order valence-corrected chi connectivity index (χ4v) is 1.97. The molecule has 19 heavy (non-hydrogen) atoms. The number of alkyl halides is 2. The first-order valence-electron chi connectivity index (χ1n) is 5.90. The van der Waals surface area contributed by atoms with Gasteiger partial charge < -0.3 is 4.74 Å². The van der Waals surface area contributed by atoms with E-state index in [1.807, 2.05) is 0 Å². The number of cyclic esters (lactones) is 1. The molecule has 1 aliphatic rings. The number of hydrogen-bond donors (Lipinski definition) is 0. The van der Waals surface area contributed by atoms with Crippen molar-refractivity contribution in [3.8, 4) is 0 Å². The third-order valence-corrected chi connectivity index (χ3v) is 2.99. The first-order chi connectivity index (χ1) is 9.09. The molecule has 0 spiro atoms. The number of hydrogen-bond acceptors (Lipinski definition) is 3. The van der Waals surface area contributed by atoms with Crippen LogP contribution in [0.5, 0.6) is 0 Å². The molecular weight excluding hydrogens is 256 g/mol. The first kappa shape index (κ1) is 13.5. The van der Waals surface area contributed by atoms with E-state index in [4.69, 9.17) is 0 Å². The Bertz CT molecular complexity index is 464. The molecule has 1 aromatic carbocycles. The van der Waals surface area contributed by atoms with Crippen LogP contribution in [0.15, 0.2) is 30.3 Å². The Hall–Kier alpha value is -1.98. The van der Waals surface area contributed by atoms with Crippen molar-refractivity contribution < 1.29 is 23.1 Å². The van der Waals surface area contributed by atoms with Crippen molar-refractivity contribution in [3.05, 3.63) is 35.9 Å². The van der Waals surface area contributed by atoms with Gasteiger partial charge in [0.15, 0.2) is 0 Å². The van der Waals surface area contributed by atoms with Crippen LogP contribution in [0.3, 0.4) is 0 Å². The maximum atomic E-state index is 13.0. The van der Waals surface area contributed by atoms with Gasteiger partial charge in [-0.15, -0.1) is 0 Å². The van der Waals surface area contributed by atoms with Gasteiger partial charge in [-0.25, -0.2) is 18.5 Å². The summed E-state index contributed by atoms with van der Waals surface area (Å²) in [5, 5.41) is 0. The third-order valence-electron chi connectivity index (χ3n) is 2.99. The molecule has 0 bridgehead atoms. The Morgan fingerprint density at radius 2 is 2.00 bits per heavy atom. The molecule has 0 radical (unpaired) electrons. The summed E-state index contributed by atoms with van der Waals surface area (Å²) in [5.74, 6) is -1.83. The van der Waals surface area contributed by atoms with E-state index in [1.54, 1.807) is 30.3 Å². The zero-order valence-corrected chi connectivity index (χ0v) is 10.1. The second-order valence-electron chi connectivity index (χ2n) is 4.22. The quantitative estimate of drug-likeness (QED) is 0.843. The molecule has 1 fully saturated rings. The highest BCUT2D eigenvalue weighted by atomic mass is 19.3. The van der Waals surface area contributed by atoms with Gasteiger partial charge in [-0.2, -0.15) is 0 Å². The summed E-state index contributed by atoms with van der Waals surface area (Å²) >= 11 is 0. The summed E-state index contributed by atoms with van der Waals surface area (Å²) in [6.07, 6.45) is -3.83. The second-order valence-corrected chi connectivity index (χ2v) is 4.22. The Morgan fingerprint density at radius 3 is 2.53 bits per heavy atom. The average Bonchev–Trinajstić information content (AvgIpc) is 2.82. The molecule has 1 heterocycles. The van der Waals surface area contributed by atoms with Crippen LogP contribution >= 0.6 is 0 Å². The second kappa shape index (κ2) is 5.77. The van der Waals surface area contributed by atoms with Crippen molar-refractivity contribution in [2.75, 3.05) is 13.2 Å². The summed E-state index contributed by atoms with van der Waals surface area (Å²) < 4.78 is 30.7. The zero-order chi connectivity index (χ0) is 13.8. The van der Waals surface area contributed by atoms with Crippen LogP contribution in [-0.4, -0.2) is 36.5 Å². The predicted molar refractivity (Wildman–Crippen MR) is 62.9 cm³/mol. The molecule has 2 rings (SSSR count). The lowest BCUT2D eigenvalue weighted by Crippen LogP contribution is -2.33. The van der Waals surface area contributed by atoms with Crippen molar-refractivity contribution in [2.24, 2.45) is 0 Å². The van der Waals surface area contributed by atoms with Gasteiger partial charge in [-0.1, -0.05) is 30.3 Å². The first-order valence-corrected chi connectivity index (χ1v) is 5.90. The van der Waals surface area contributed by atoms with Gasteiger partial charge in [0.1, 0.15) is 6.61 Å². The number of benzene rings is 1. The molecule has 4 nitrogen and oxygen atoms in total. The SMILES string of the molecule is O=C(C[C@H](c1ccccc1)C(F)F)N1CCOC1=O. The number of halogens is 2. The monoisotopic (exact) mass is 269 g/mol. The number of nitrogens with zero attached hydrogens (tertiary/aromatic N) is 1.